The zero-order valence-corrected chi connectivity index (χ0v) is 11.8. The van der Waals surface area contributed by atoms with Gasteiger partial charge in [0, 0.05) is 19.6 Å². The number of morpholine rings is 1. The van der Waals surface area contributed by atoms with Crippen LogP contribution in [0.25, 0.3) is 0 Å². The number of ether oxygens (including phenoxy) is 1. The van der Waals surface area contributed by atoms with Crippen LogP contribution in [-0.2, 0) is 4.74 Å². The SMILES string of the molecule is CCCCN1CC2(COC(c3ccccc3)CN2)C1. The highest BCUT2D eigenvalue weighted by atomic mass is 16.5. The van der Waals surface area contributed by atoms with Crippen molar-refractivity contribution in [2.75, 3.05) is 32.8 Å². The van der Waals surface area contributed by atoms with Gasteiger partial charge in [-0.3, -0.25) is 4.90 Å². The molecule has 0 aromatic heterocycles. The molecule has 1 aromatic carbocycles. The second kappa shape index (κ2) is 5.61. The third-order valence-electron chi connectivity index (χ3n) is 4.28. The van der Waals surface area contributed by atoms with Crippen molar-refractivity contribution in [1.82, 2.24) is 10.2 Å². The van der Waals surface area contributed by atoms with Gasteiger partial charge >= 0.3 is 0 Å². The van der Waals surface area contributed by atoms with Crippen molar-refractivity contribution in [3.8, 4) is 0 Å². The number of benzene rings is 1. The Morgan fingerprint density at radius 2 is 2.11 bits per heavy atom. The largest absolute Gasteiger partial charge is 0.370 e. The molecule has 2 saturated heterocycles. The molecule has 19 heavy (non-hydrogen) atoms. The summed E-state index contributed by atoms with van der Waals surface area (Å²) in [5, 5.41) is 3.72. The van der Waals surface area contributed by atoms with Gasteiger partial charge in [-0.25, -0.2) is 0 Å². The number of rotatable bonds is 4. The van der Waals surface area contributed by atoms with Crippen LogP contribution in [0.3, 0.4) is 0 Å². The summed E-state index contributed by atoms with van der Waals surface area (Å²) in [5.41, 5.74) is 1.52. The molecule has 1 spiro atoms. The third kappa shape index (κ3) is 2.83. The van der Waals surface area contributed by atoms with Crippen molar-refractivity contribution in [3.05, 3.63) is 35.9 Å². The summed E-state index contributed by atoms with van der Waals surface area (Å²) in [6.45, 7) is 7.56. The first kappa shape index (κ1) is 13.1. The van der Waals surface area contributed by atoms with E-state index in [1.54, 1.807) is 0 Å². The van der Waals surface area contributed by atoms with Crippen LogP contribution in [0.15, 0.2) is 30.3 Å². The van der Waals surface area contributed by atoms with E-state index >= 15 is 0 Å². The summed E-state index contributed by atoms with van der Waals surface area (Å²) in [6.07, 6.45) is 2.81. The molecule has 104 valence electrons. The normalized spacial score (nSPS) is 26.3. The fraction of sp³-hybridized carbons (Fsp3) is 0.625. The van der Waals surface area contributed by atoms with E-state index in [1.807, 2.05) is 0 Å². The highest BCUT2D eigenvalue weighted by Crippen LogP contribution is 2.29. The summed E-state index contributed by atoms with van der Waals surface area (Å²) >= 11 is 0. The maximum atomic E-state index is 6.09. The number of nitrogens with zero attached hydrogens (tertiary/aromatic N) is 1. The number of likely N-dealkylation sites (tertiary alicyclic amines) is 1. The number of hydrogen-bond acceptors (Lipinski definition) is 3. The van der Waals surface area contributed by atoms with Gasteiger partial charge in [0.2, 0.25) is 0 Å². The average Bonchev–Trinajstić information content (AvgIpc) is 2.44. The van der Waals surface area contributed by atoms with E-state index in [9.17, 15) is 0 Å². The second-order valence-corrected chi connectivity index (χ2v) is 5.94. The van der Waals surface area contributed by atoms with E-state index in [1.165, 1.54) is 24.9 Å². The molecule has 3 heteroatoms. The maximum Gasteiger partial charge on any atom is 0.0950 e. The summed E-state index contributed by atoms with van der Waals surface area (Å²) in [4.78, 5) is 2.53. The van der Waals surface area contributed by atoms with Crippen LogP contribution in [0.4, 0.5) is 0 Å². The van der Waals surface area contributed by atoms with Gasteiger partial charge in [0.1, 0.15) is 0 Å². The molecular weight excluding hydrogens is 236 g/mol. The minimum absolute atomic E-state index is 0.219. The van der Waals surface area contributed by atoms with Crippen molar-refractivity contribution < 1.29 is 4.74 Å². The van der Waals surface area contributed by atoms with Crippen LogP contribution in [-0.4, -0.2) is 43.2 Å². The Labute approximate surface area is 115 Å². The molecule has 0 bridgehead atoms. The Balaban J connectivity index is 1.48. The molecule has 0 amide bonds. The Morgan fingerprint density at radius 1 is 1.32 bits per heavy atom. The van der Waals surface area contributed by atoms with Crippen LogP contribution in [0.1, 0.15) is 31.4 Å². The van der Waals surface area contributed by atoms with Gasteiger partial charge in [0.15, 0.2) is 0 Å². The first-order chi connectivity index (χ1) is 9.31. The fourth-order valence-corrected chi connectivity index (χ4v) is 3.11. The average molecular weight is 260 g/mol. The fourth-order valence-electron chi connectivity index (χ4n) is 3.11. The molecule has 2 fully saturated rings. The topological polar surface area (TPSA) is 24.5 Å². The van der Waals surface area contributed by atoms with Crippen LogP contribution < -0.4 is 5.32 Å². The predicted octanol–water partition coefficient (Wildman–Crippen LogP) is 2.20. The number of unbranched alkanes of at least 4 members (excludes halogenated alkanes) is 1. The van der Waals surface area contributed by atoms with Gasteiger partial charge in [-0.15, -0.1) is 0 Å². The van der Waals surface area contributed by atoms with E-state index in [2.05, 4.69) is 47.5 Å². The van der Waals surface area contributed by atoms with Crippen molar-refractivity contribution in [1.29, 1.82) is 0 Å². The van der Waals surface area contributed by atoms with Crippen LogP contribution in [0.5, 0.6) is 0 Å². The zero-order chi connectivity index (χ0) is 13.1. The molecular formula is C16H24N2O. The van der Waals surface area contributed by atoms with Crippen molar-refractivity contribution in [2.24, 2.45) is 0 Å². The Hall–Kier alpha value is -0.900. The van der Waals surface area contributed by atoms with E-state index in [0.29, 0.717) is 0 Å². The lowest BCUT2D eigenvalue weighted by Crippen LogP contribution is -2.73. The molecule has 1 atom stereocenters. The first-order valence-electron chi connectivity index (χ1n) is 7.45. The zero-order valence-electron chi connectivity index (χ0n) is 11.8. The number of nitrogens with one attached hydrogen (secondary N) is 1. The second-order valence-electron chi connectivity index (χ2n) is 5.94. The highest BCUT2D eigenvalue weighted by Gasteiger charge is 2.45. The number of hydrogen-bond donors (Lipinski definition) is 1. The Kier molecular flexibility index (Phi) is 3.87. The van der Waals surface area contributed by atoms with Gasteiger partial charge in [-0.05, 0) is 18.5 Å². The van der Waals surface area contributed by atoms with E-state index in [-0.39, 0.29) is 11.6 Å². The van der Waals surface area contributed by atoms with Gasteiger partial charge in [-0.1, -0.05) is 43.7 Å². The van der Waals surface area contributed by atoms with E-state index in [4.69, 9.17) is 4.74 Å². The van der Waals surface area contributed by atoms with Crippen LogP contribution in [0, 0.1) is 0 Å². The lowest BCUT2D eigenvalue weighted by molar-refractivity contribution is -0.0940. The molecule has 2 aliphatic rings. The van der Waals surface area contributed by atoms with Gasteiger partial charge in [0.25, 0.3) is 0 Å². The van der Waals surface area contributed by atoms with Crippen molar-refractivity contribution in [3.63, 3.8) is 0 Å². The van der Waals surface area contributed by atoms with Gasteiger partial charge in [-0.2, -0.15) is 0 Å². The lowest BCUT2D eigenvalue weighted by atomic mass is 9.88. The Morgan fingerprint density at radius 3 is 2.74 bits per heavy atom. The minimum Gasteiger partial charge on any atom is -0.370 e. The first-order valence-corrected chi connectivity index (χ1v) is 7.45. The summed E-state index contributed by atoms with van der Waals surface area (Å²) < 4.78 is 6.09. The van der Waals surface area contributed by atoms with E-state index < -0.39 is 0 Å². The Bertz CT molecular complexity index is 390. The molecule has 1 N–H and O–H groups in total. The van der Waals surface area contributed by atoms with Gasteiger partial charge in [0.05, 0.1) is 18.2 Å². The van der Waals surface area contributed by atoms with Crippen molar-refractivity contribution >= 4 is 0 Å². The molecule has 2 aliphatic heterocycles. The lowest BCUT2D eigenvalue weighted by Gasteiger charge is -2.53. The maximum absolute atomic E-state index is 6.09. The standard InChI is InChI=1S/C16H24N2O/c1-2-3-9-18-11-16(12-18)13-19-15(10-17-16)14-7-5-4-6-8-14/h4-8,15,17H,2-3,9-13H2,1H3. The quantitative estimate of drug-likeness (QED) is 0.898. The minimum atomic E-state index is 0.219. The van der Waals surface area contributed by atoms with Gasteiger partial charge < -0.3 is 10.1 Å². The highest BCUT2D eigenvalue weighted by molar-refractivity contribution is 5.19. The molecule has 2 heterocycles. The van der Waals surface area contributed by atoms with E-state index in [0.717, 1.165) is 26.2 Å². The molecule has 1 unspecified atom stereocenters. The molecule has 0 saturated carbocycles. The monoisotopic (exact) mass is 260 g/mol. The molecule has 0 aliphatic carbocycles. The summed E-state index contributed by atoms with van der Waals surface area (Å²) in [6, 6.07) is 10.5. The predicted molar refractivity (Wildman–Crippen MR) is 77.2 cm³/mol. The summed E-state index contributed by atoms with van der Waals surface area (Å²) in [7, 11) is 0. The summed E-state index contributed by atoms with van der Waals surface area (Å²) in [5.74, 6) is 0. The molecule has 1 aromatic rings. The molecule has 3 nitrogen and oxygen atoms in total. The van der Waals surface area contributed by atoms with Crippen LogP contribution >= 0.6 is 0 Å². The molecule has 0 radical (unpaired) electrons. The van der Waals surface area contributed by atoms with Crippen molar-refractivity contribution in [2.45, 2.75) is 31.4 Å². The molecule has 3 rings (SSSR count). The smallest absolute Gasteiger partial charge is 0.0950 e. The third-order valence-corrected chi connectivity index (χ3v) is 4.28. The van der Waals surface area contributed by atoms with Crippen LogP contribution in [0.2, 0.25) is 0 Å².